The lowest BCUT2D eigenvalue weighted by atomic mass is 9.98. The molecular weight excluding hydrogens is 509 g/mol. The molecule has 0 saturated carbocycles. The van der Waals surface area contributed by atoms with Gasteiger partial charge in [0, 0.05) is 6.20 Å². The molecule has 1 unspecified atom stereocenters. The number of amides is 1. The van der Waals surface area contributed by atoms with Crippen LogP contribution in [0.3, 0.4) is 0 Å². The van der Waals surface area contributed by atoms with Crippen molar-refractivity contribution in [2.45, 2.75) is 6.04 Å². The number of hydrogen-bond acceptors (Lipinski definition) is 8. The Hall–Kier alpha value is -4.02. The average molecular weight is 526 g/mol. The number of nitrogens with zero attached hydrogens (tertiary/aromatic N) is 3. The molecule has 182 valence electrons. The zero-order valence-electron chi connectivity index (χ0n) is 18.9. The van der Waals surface area contributed by atoms with E-state index in [0.29, 0.717) is 21.7 Å². The molecule has 4 aromatic rings. The molecule has 1 amide bonds. The maximum absolute atomic E-state index is 14.0. The highest BCUT2D eigenvalue weighted by atomic mass is 35.5. The Morgan fingerprint density at radius 3 is 2.64 bits per heavy atom. The lowest BCUT2D eigenvalue weighted by Gasteiger charge is -2.22. The van der Waals surface area contributed by atoms with Gasteiger partial charge in [-0.1, -0.05) is 29.0 Å². The molecule has 1 N–H and O–H groups in total. The Morgan fingerprint density at radius 1 is 1.14 bits per heavy atom. The summed E-state index contributed by atoms with van der Waals surface area (Å²) in [5, 5.41) is 11.4. The summed E-state index contributed by atoms with van der Waals surface area (Å²) < 4.78 is 25.1. The summed E-state index contributed by atoms with van der Waals surface area (Å²) in [5.74, 6) is -2.27. The first-order chi connectivity index (χ1) is 17.3. The van der Waals surface area contributed by atoms with Gasteiger partial charge in [0.25, 0.3) is 5.78 Å². The number of anilines is 1. The van der Waals surface area contributed by atoms with Gasteiger partial charge in [0.1, 0.15) is 29.1 Å². The fraction of sp³-hybridized carbons (Fsp3) is 0.120. The third kappa shape index (κ3) is 3.84. The van der Waals surface area contributed by atoms with Crippen LogP contribution in [0.2, 0.25) is 5.02 Å². The minimum absolute atomic E-state index is 0.118. The molecule has 1 aliphatic rings. The van der Waals surface area contributed by atoms with Crippen LogP contribution in [0.4, 0.5) is 9.52 Å². The number of carbonyl (C=O) groups is 2. The SMILES string of the molecule is COc1ccc(OC)c(/C(O)=C2\C(=O)C(=O)N(c3nc4cc(Cl)c(F)cc4s3)C2c2ccccn2)c1. The molecule has 36 heavy (non-hydrogen) atoms. The van der Waals surface area contributed by atoms with Crippen LogP contribution in [0.5, 0.6) is 11.5 Å². The minimum atomic E-state index is -1.11. The first kappa shape index (κ1) is 23.7. The van der Waals surface area contributed by atoms with Crippen LogP contribution in [-0.2, 0) is 9.59 Å². The smallest absolute Gasteiger partial charge is 0.301 e. The van der Waals surface area contributed by atoms with Crippen molar-refractivity contribution in [2.24, 2.45) is 0 Å². The number of halogens is 2. The van der Waals surface area contributed by atoms with Crippen LogP contribution in [0.1, 0.15) is 17.3 Å². The third-order valence-electron chi connectivity index (χ3n) is 5.70. The summed E-state index contributed by atoms with van der Waals surface area (Å²) in [6.45, 7) is 0. The van der Waals surface area contributed by atoms with Gasteiger partial charge in [-0.15, -0.1) is 0 Å². The molecule has 2 aromatic carbocycles. The Balaban J connectivity index is 1.75. The van der Waals surface area contributed by atoms with Crippen molar-refractivity contribution in [3.63, 3.8) is 0 Å². The highest BCUT2D eigenvalue weighted by Gasteiger charge is 2.49. The number of thiazole rings is 1. The molecule has 2 aromatic heterocycles. The van der Waals surface area contributed by atoms with E-state index in [4.69, 9.17) is 21.1 Å². The van der Waals surface area contributed by atoms with E-state index < -0.39 is 29.3 Å². The fourth-order valence-corrected chi connectivity index (χ4v) is 5.16. The monoisotopic (exact) mass is 525 g/mol. The Labute approximate surface area is 213 Å². The zero-order valence-corrected chi connectivity index (χ0v) is 20.4. The second-order valence-electron chi connectivity index (χ2n) is 7.72. The van der Waals surface area contributed by atoms with Crippen molar-refractivity contribution >= 4 is 55.7 Å². The highest BCUT2D eigenvalue weighted by molar-refractivity contribution is 7.22. The number of aromatic nitrogens is 2. The number of fused-ring (bicyclic) bond motifs is 1. The molecule has 1 fully saturated rings. The van der Waals surface area contributed by atoms with Crippen molar-refractivity contribution in [1.29, 1.82) is 0 Å². The van der Waals surface area contributed by atoms with Crippen LogP contribution in [0, 0.1) is 5.82 Å². The molecule has 0 radical (unpaired) electrons. The number of carbonyl (C=O) groups excluding carboxylic acids is 2. The molecule has 0 aliphatic carbocycles. The Morgan fingerprint density at radius 2 is 1.94 bits per heavy atom. The Bertz CT molecular complexity index is 1520. The van der Waals surface area contributed by atoms with Crippen molar-refractivity contribution in [3.8, 4) is 11.5 Å². The number of methoxy groups -OCH3 is 2. The van der Waals surface area contributed by atoms with E-state index in [1.54, 1.807) is 30.3 Å². The maximum atomic E-state index is 14.0. The molecule has 1 saturated heterocycles. The molecule has 11 heteroatoms. The van der Waals surface area contributed by atoms with Crippen LogP contribution in [0.15, 0.2) is 60.3 Å². The molecule has 0 bridgehead atoms. The van der Waals surface area contributed by atoms with Gasteiger partial charge in [-0.2, -0.15) is 0 Å². The van der Waals surface area contributed by atoms with Crippen molar-refractivity contribution in [2.75, 3.05) is 19.1 Å². The van der Waals surface area contributed by atoms with Gasteiger partial charge in [0.05, 0.1) is 46.3 Å². The summed E-state index contributed by atoms with van der Waals surface area (Å²) in [6.07, 6.45) is 1.51. The third-order valence-corrected chi connectivity index (χ3v) is 7.01. The largest absolute Gasteiger partial charge is 0.507 e. The average Bonchev–Trinajstić information content (AvgIpc) is 3.41. The van der Waals surface area contributed by atoms with Gasteiger partial charge in [0.15, 0.2) is 5.13 Å². The van der Waals surface area contributed by atoms with Crippen LogP contribution in [-0.4, -0.2) is 41.0 Å². The topological polar surface area (TPSA) is 102 Å². The Kier molecular flexibility index (Phi) is 6.07. The second kappa shape index (κ2) is 9.21. The number of pyridine rings is 1. The van der Waals surface area contributed by atoms with E-state index in [2.05, 4.69) is 9.97 Å². The van der Waals surface area contributed by atoms with Crippen LogP contribution >= 0.6 is 22.9 Å². The summed E-state index contributed by atoms with van der Waals surface area (Å²) in [5.41, 5.74) is 0.642. The van der Waals surface area contributed by atoms with Gasteiger partial charge in [-0.3, -0.25) is 19.5 Å². The minimum Gasteiger partial charge on any atom is -0.507 e. The molecular formula is C25H17ClFN3O5S. The van der Waals surface area contributed by atoms with Gasteiger partial charge in [-0.25, -0.2) is 9.37 Å². The van der Waals surface area contributed by atoms with Gasteiger partial charge in [-0.05, 0) is 42.5 Å². The first-order valence-electron chi connectivity index (χ1n) is 10.5. The van der Waals surface area contributed by atoms with Gasteiger partial charge in [0.2, 0.25) is 0 Å². The predicted octanol–water partition coefficient (Wildman–Crippen LogP) is 5.13. The number of rotatable bonds is 5. The lowest BCUT2D eigenvalue weighted by Crippen LogP contribution is -2.29. The van der Waals surface area contributed by atoms with Gasteiger partial charge < -0.3 is 14.6 Å². The number of Topliss-reactive ketones (excluding diaryl/α,β-unsaturated/α-hetero) is 1. The van der Waals surface area contributed by atoms with Crippen molar-refractivity contribution in [3.05, 3.63) is 82.4 Å². The summed E-state index contributed by atoms with van der Waals surface area (Å²) in [4.78, 5) is 36.6. The number of ketones is 1. The van der Waals surface area contributed by atoms with Crippen LogP contribution < -0.4 is 14.4 Å². The highest BCUT2D eigenvalue weighted by Crippen LogP contribution is 2.45. The standard InChI is InChI=1S/C25H17ClFN3O5S/c1-34-12-6-7-18(35-2)13(9-12)22(31)20-21(16-5-3-4-8-28-16)30(24(33)23(20)32)25-29-17-10-14(26)15(27)11-19(17)36-25/h3-11,21,31H,1-2H3/b22-20+. The number of aliphatic hydroxyl groups is 1. The first-order valence-corrected chi connectivity index (χ1v) is 11.7. The lowest BCUT2D eigenvalue weighted by molar-refractivity contribution is -0.132. The molecule has 1 aliphatic heterocycles. The molecule has 3 heterocycles. The van der Waals surface area contributed by atoms with E-state index in [1.165, 1.54) is 38.6 Å². The van der Waals surface area contributed by atoms with E-state index in [0.717, 1.165) is 16.2 Å². The van der Waals surface area contributed by atoms with E-state index in [9.17, 15) is 19.1 Å². The van der Waals surface area contributed by atoms with Crippen LogP contribution in [0.25, 0.3) is 16.0 Å². The number of ether oxygens (including phenoxy) is 2. The molecule has 0 spiro atoms. The predicted molar refractivity (Wildman–Crippen MR) is 133 cm³/mol. The van der Waals surface area contributed by atoms with E-state index in [1.807, 2.05) is 0 Å². The number of aliphatic hydroxyl groups excluding tert-OH is 1. The molecule has 5 rings (SSSR count). The maximum Gasteiger partial charge on any atom is 0.301 e. The van der Waals surface area contributed by atoms with Crippen molar-refractivity contribution in [1.82, 2.24) is 9.97 Å². The van der Waals surface area contributed by atoms with Gasteiger partial charge >= 0.3 is 5.91 Å². The second-order valence-corrected chi connectivity index (χ2v) is 9.14. The molecule has 8 nitrogen and oxygen atoms in total. The summed E-state index contributed by atoms with van der Waals surface area (Å²) >= 11 is 6.91. The molecule has 1 atom stereocenters. The quantitative estimate of drug-likeness (QED) is 0.219. The van der Waals surface area contributed by atoms with E-state index >= 15 is 0 Å². The summed E-state index contributed by atoms with van der Waals surface area (Å²) in [6, 6.07) is 11.2. The van der Waals surface area contributed by atoms with Crippen molar-refractivity contribution < 1.29 is 28.6 Å². The number of benzene rings is 2. The van der Waals surface area contributed by atoms with E-state index in [-0.39, 0.29) is 27.0 Å². The fourth-order valence-electron chi connectivity index (χ4n) is 4.01. The normalized spacial score (nSPS) is 17.1. The zero-order chi connectivity index (χ0) is 25.6. The number of hydrogen-bond donors (Lipinski definition) is 1. The summed E-state index contributed by atoms with van der Waals surface area (Å²) in [7, 11) is 2.87.